The van der Waals surface area contributed by atoms with Crippen molar-refractivity contribution in [3.8, 4) is 11.6 Å². The van der Waals surface area contributed by atoms with E-state index in [4.69, 9.17) is 4.74 Å². The van der Waals surface area contributed by atoms with Crippen LogP contribution in [0.5, 0.6) is 11.6 Å². The average Bonchev–Trinajstić information content (AvgIpc) is 2.55. The number of benzene rings is 1. The van der Waals surface area contributed by atoms with Gasteiger partial charge in [0.05, 0.1) is 5.56 Å². The lowest BCUT2D eigenvalue weighted by atomic mass is 10.2. The van der Waals surface area contributed by atoms with E-state index in [1.165, 1.54) is 0 Å². The van der Waals surface area contributed by atoms with E-state index >= 15 is 0 Å². The number of carbonyl (C=O) groups is 1. The van der Waals surface area contributed by atoms with Crippen LogP contribution in [0.3, 0.4) is 0 Å². The molecule has 5 nitrogen and oxygen atoms in total. The lowest BCUT2D eigenvalue weighted by Gasteiger charge is -2.09. The molecule has 0 atom stereocenters. The summed E-state index contributed by atoms with van der Waals surface area (Å²) in [5.74, 6) is 0.188. The van der Waals surface area contributed by atoms with Crippen LogP contribution in [0.25, 0.3) is 0 Å². The van der Waals surface area contributed by atoms with Crippen LogP contribution in [0.1, 0.15) is 15.9 Å². The number of amides is 1. The van der Waals surface area contributed by atoms with Gasteiger partial charge in [-0.25, -0.2) is 4.98 Å². The van der Waals surface area contributed by atoms with Crippen LogP contribution in [0.15, 0.2) is 42.6 Å². The fraction of sp³-hybridized carbons (Fsp3) is 0.250. The molecule has 1 amide bonds. The van der Waals surface area contributed by atoms with E-state index in [-0.39, 0.29) is 36.6 Å². The molecule has 0 spiro atoms. The smallest absolute Gasteiger partial charge is 0.417 e. The Labute approximate surface area is 161 Å². The lowest BCUT2D eigenvalue weighted by Crippen LogP contribution is -2.30. The number of rotatable bonds is 6. The van der Waals surface area contributed by atoms with E-state index in [1.54, 1.807) is 31.3 Å². The van der Waals surface area contributed by atoms with Crippen LogP contribution < -0.4 is 15.4 Å². The zero-order chi connectivity index (χ0) is 17.6. The zero-order valence-corrected chi connectivity index (χ0v) is 15.3. The second kappa shape index (κ2) is 10.8. The van der Waals surface area contributed by atoms with Crippen molar-refractivity contribution < 1.29 is 22.7 Å². The highest BCUT2D eigenvalue weighted by Crippen LogP contribution is 2.30. The summed E-state index contributed by atoms with van der Waals surface area (Å²) in [6.07, 6.45) is -3.73. The number of halogens is 5. The number of pyridine rings is 1. The molecule has 0 aliphatic rings. The summed E-state index contributed by atoms with van der Waals surface area (Å²) < 4.78 is 42.7. The Bertz CT molecular complexity index is 681. The van der Waals surface area contributed by atoms with Gasteiger partial charge in [0, 0.05) is 30.9 Å². The van der Waals surface area contributed by atoms with Crippen LogP contribution in [0.2, 0.25) is 0 Å². The first-order chi connectivity index (χ1) is 11.4. The minimum absolute atomic E-state index is 0. The molecule has 2 rings (SSSR count). The van der Waals surface area contributed by atoms with E-state index in [0.717, 1.165) is 12.1 Å². The first-order valence-electron chi connectivity index (χ1n) is 7.14. The third-order valence-corrected chi connectivity index (χ3v) is 3.06. The van der Waals surface area contributed by atoms with Crippen LogP contribution >= 0.6 is 24.8 Å². The Morgan fingerprint density at radius 1 is 1.08 bits per heavy atom. The van der Waals surface area contributed by atoms with Crippen molar-refractivity contribution in [3.63, 3.8) is 0 Å². The Morgan fingerprint density at radius 3 is 2.23 bits per heavy atom. The Balaban J connectivity index is 0.00000312. The molecule has 0 radical (unpaired) electrons. The third kappa shape index (κ3) is 7.07. The minimum atomic E-state index is -4.44. The third-order valence-electron chi connectivity index (χ3n) is 3.06. The molecule has 0 aliphatic heterocycles. The Morgan fingerprint density at radius 2 is 1.73 bits per heavy atom. The number of ether oxygens (including phenoxy) is 1. The Kier molecular flexibility index (Phi) is 10.0. The maximum absolute atomic E-state index is 12.5. The molecule has 2 N–H and O–H groups in total. The molecule has 0 saturated heterocycles. The molecule has 10 heteroatoms. The summed E-state index contributed by atoms with van der Waals surface area (Å²) in [4.78, 5) is 15.4. The van der Waals surface area contributed by atoms with Crippen molar-refractivity contribution in [1.29, 1.82) is 0 Å². The van der Waals surface area contributed by atoms with Crippen molar-refractivity contribution in [2.24, 2.45) is 0 Å². The first-order valence-corrected chi connectivity index (χ1v) is 7.14. The summed E-state index contributed by atoms with van der Waals surface area (Å²) >= 11 is 0. The molecule has 0 unspecified atom stereocenters. The standard InChI is InChI=1S/C16H16F3N3O2.2ClH/c1-20-8-9-21-15(23)11-2-5-13(6-3-11)24-14-7-4-12(10-22-14)16(17,18)19;;/h2-7,10,20H,8-9H2,1H3,(H,21,23);2*1H. The average molecular weight is 412 g/mol. The van der Waals surface area contributed by atoms with E-state index in [9.17, 15) is 18.0 Å². The van der Waals surface area contributed by atoms with E-state index in [2.05, 4.69) is 15.6 Å². The monoisotopic (exact) mass is 411 g/mol. The van der Waals surface area contributed by atoms with Crippen LogP contribution in [0.4, 0.5) is 13.2 Å². The second-order valence-corrected chi connectivity index (χ2v) is 4.87. The maximum Gasteiger partial charge on any atom is 0.417 e. The zero-order valence-electron chi connectivity index (χ0n) is 13.7. The van der Waals surface area contributed by atoms with E-state index in [1.807, 2.05) is 0 Å². The van der Waals surface area contributed by atoms with Crippen molar-refractivity contribution in [3.05, 3.63) is 53.7 Å². The number of carbonyl (C=O) groups excluding carboxylic acids is 1. The van der Waals surface area contributed by atoms with Crippen molar-refractivity contribution in [1.82, 2.24) is 15.6 Å². The number of likely N-dealkylation sites (N-methyl/N-ethyl adjacent to an activating group) is 1. The quantitative estimate of drug-likeness (QED) is 0.711. The van der Waals surface area contributed by atoms with E-state index < -0.39 is 11.7 Å². The second-order valence-electron chi connectivity index (χ2n) is 4.87. The predicted octanol–water partition coefficient (Wildman–Crippen LogP) is 3.69. The van der Waals surface area contributed by atoms with Crippen LogP contribution in [0, 0.1) is 0 Å². The molecule has 0 saturated carbocycles. The van der Waals surface area contributed by atoms with Gasteiger partial charge < -0.3 is 15.4 Å². The maximum atomic E-state index is 12.5. The highest BCUT2D eigenvalue weighted by molar-refractivity contribution is 5.94. The molecular formula is C16H18Cl2F3N3O2. The van der Waals surface area contributed by atoms with Gasteiger partial charge in [0.2, 0.25) is 5.88 Å². The summed E-state index contributed by atoms with van der Waals surface area (Å²) in [6, 6.07) is 8.26. The van der Waals surface area contributed by atoms with Gasteiger partial charge in [-0.2, -0.15) is 13.2 Å². The molecule has 2 aromatic rings. The molecular weight excluding hydrogens is 394 g/mol. The Hall–Kier alpha value is -2.03. The number of nitrogens with zero attached hydrogens (tertiary/aromatic N) is 1. The van der Waals surface area contributed by atoms with Gasteiger partial charge in [-0.05, 0) is 37.4 Å². The van der Waals surface area contributed by atoms with Gasteiger partial charge in [0.25, 0.3) is 5.91 Å². The molecule has 0 fully saturated rings. The summed E-state index contributed by atoms with van der Waals surface area (Å²) in [7, 11) is 1.79. The molecule has 1 aromatic heterocycles. The molecule has 144 valence electrons. The van der Waals surface area contributed by atoms with Crippen molar-refractivity contribution in [2.45, 2.75) is 6.18 Å². The molecule has 1 aromatic carbocycles. The summed E-state index contributed by atoms with van der Waals surface area (Å²) in [5, 5.41) is 5.64. The highest BCUT2D eigenvalue weighted by atomic mass is 35.5. The van der Waals surface area contributed by atoms with Crippen LogP contribution in [-0.4, -0.2) is 31.0 Å². The van der Waals surface area contributed by atoms with E-state index in [0.29, 0.717) is 30.6 Å². The van der Waals surface area contributed by atoms with Crippen LogP contribution in [-0.2, 0) is 6.18 Å². The number of aromatic nitrogens is 1. The van der Waals surface area contributed by atoms with Gasteiger partial charge in [-0.1, -0.05) is 0 Å². The van der Waals surface area contributed by atoms with Gasteiger partial charge in [0.1, 0.15) is 5.75 Å². The predicted molar refractivity (Wildman–Crippen MR) is 96.5 cm³/mol. The minimum Gasteiger partial charge on any atom is -0.439 e. The SMILES string of the molecule is CNCCNC(=O)c1ccc(Oc2ccc(C(F)(F)F)cn2)cc1.Cl.Cl. The number of nitrogens with one attached hydrogen (secondary N) is 2. The normalized spacial score (nSPS) is 10.3. The highest BCUT2D eigenvalue weighted by Gasteiger charge is 2.30. The fourth-order valence-electron chi connectivity index (χ4n) is 1.81. The van der Waals surface area contributed by atoms with Gasteiger partial charge in [0.15, 0.2) is 0 Å². The van der Waals surface area contributed by atoms with Gasteiger partial charge in [-0.3, -0.25) is 4.79 Å². The topological polar surface area (TPSA) is 63.2 Å². The molecule has 1 heterocycles. The molecule has 0 bridgehead atoms. The lowest BCUT2D eigenvalue weighted by molar-refractivity contribution is -0.137. The van der Waals surface area contributed by atoms with Gasteiger partial charge in [-0.15, -0.1) is 24.8 Å². The van der Waals surface area contributed by atoms with Crippen molar-refractivity contribution in [2.75, 3.05) is 20.1 Å². The number of hydrogen-bond donors (Lipinski definition) is 2. The molecule has 26 heavy (non-hydrogen) atoms. The summed E-state index contributed by atoms with van der Waals surface area (Å²) in [6.45, 7) is 1.16. The first kappa shape index (κ1) is 24.0. The number of hydrogen-bond acceptors (Lipinski definition) is 4. The van der Waals surface area contributed by atoms with Crippen molar-refractivity contribution >= 4 is 30.7 Å². The fourth-order valence-corrected chi connectivity index (χ4v) is 1.81. The molecule has 0 aliphatic carbocycles. The summed E-state index contributed by atoms with van der Waals surface area (Å²) in [5.41, 5.74) is -0.387. The van der Waals surface area contributed by atoms with Gasteiger partial charge >= 0.3 is 6.18 Å². The number of alkyl halides is 3. The largest absolute Gasteiger partial charge is 0.439 e.